The number of aryl methyl sites for hydroxylation is 2. The lowest BCUT2D eigenvalue weighted by molar-refractivity contribution is 0.0521. The Bertz CT molecular complexity index is 6170. The monoisotopic (exact) mass is 1620 g/mol. The average molecular weight is 1620 g/mol. The van der Waals surface area contributed by atoms with Gasteiger partial charge in [-0.05, 0) is 179 Å². The summed E-state index contributed by atoms with van der Waals surface area (Å²) in [6, 6.07) is 97.0. The lowest BCUT2D eigenvalue weighted by atomic mass is 9.67. The summed E-state index contributed by atoms with van der Waals surface area (Å²) in [6.07, 6.45) is 0. The molecule has 8 nitrogen and oxygen atoms in total. The number of carbonyl (C=O) groups is 5. The number of hydrogen-bond donors (Lipinski definition) is 3. The molecule has 0 saturated heterocycles. The third-order valence-corrected chi connectivity index (χ3v) is 21.4. The second-order valence-electron chi connectivity index (χ2n) is 27.4. The normalized spacial score (nSPS) is 16.4. The van der Waals surface area contributed by atoms with Crippen LogP contribution in [0, 0.1) is 13.8 Å². The molecule has 3 atom stereocenters. The number of hydrogen-bond acceptors (Lipinski definition) is 8. The van der Waals surface area contributed by atoms with Gasteiger partial charge < -0.3 is 15.3 Å². The van der Waals surface area contributed by atoms with Crippen molar-refractivity contribution in [2.45, 2.75) is 51.4 Å². The van der Waals surface area contributed by atoms with Crippen LogP contribution >= 0.6 is 47.8 Å². The molecule has 0 saturated carbocycles. The Balaban J connectivity index is 0.000000118. The van der Waals surface area contributed by atoms with E-state index in [0.29, 0.717) is 66.8 Å². The fourth-order valence-electron chi connectivity index (χ4n) is 16.3. The molecule has 20 rings (SSSR count). The van der Waals surface area contributed by atoms with Crippen LogP contribution < -0.4 is 0 Å². The number of benzene rings is 16. The number of fused-ring (bicyclic) bond motifs is 20. The van der Waals surface area contributed by atoms with Gasteiger partial charge in [0, 0.05) is 61.2 Å². The molecule has 0 bridgehead atoms. The second-order valence-corrected chi connectivity index (χ2v) is 27.4. The molecule has 0 radical (unpaired) electrons. The van der Waals surface area contributed by atoms with Crippen LogP contribution in [0.15, 0.2) is 303 Å². The summed E-state index contributed by atoms with van der Waals surface area (Å²) < 4.78 is 0. The average Bonchev–Trinajstić information content (AvgIpc) is 0.712. The van der Waals surface area contributed by atoms with Crippen molar-refractivity contribution in [3.63, 3.8) is 0 Å². The van der Waals surface area contributed by atoms with Gasteiger partial charge in [-0.2, -0.15) is 0 Å². The molecule has 0 aliphatic heterocycles. The minimum Gasteiger partial charge on any atom is -0.381 e. The molecule has 0 aromatic heterocycles. The summed E-state index contributed by atoms with van der Waals surface area (Å²) in [5.41, 5.74) is 9.14. The Hall–Kier alpha value is -11.0. The van der Waals surface area contributed by atoms with E-state index in [4.69, 9.17) is 0 Å². The zero-order chi connectivity index (χ0) is 77.2. The van der Waals surface area contributed by atoms with Gasteiger partial charge in [-0.1, -0.05) is 339 Å². The van der Waals surface area contributed by atoms with Crippen LogP contribution in [0.3, 0.4) is 0 Å². The van der Waals surface area contributed by atoms with Crippen LogP contribution in [0.1, 0.15) is 145 Å². The standard InChI is InChI=1S/C20H18O2.C20H16.C19H14O2.2C18H10O2.3CH3Br/c1-19(21)15-9-5-6-10-16(15)20(2,22)18-14-8-4-3-7-13(14)11-12-17(18)19;1-13-16-8-5-6-9-17(16)14(2)20-18(13)12-11-15-7-3-4-10-19(15)20;1-19(21)15-9-5-4-8-14(15)18(20)17-13-7-3-2-6-12(13)10-11-16(17)19;2*19-17-13-7-3-4-8-14(13)18(20)16-12-6-2-1-5-11(12)9-10-15(16)17;3*1-2/h3-12,21-22H,1-2H3;3-12H,1-2H3;2-11,21H,1H3;2*1-10H;3*1H3. The largest absolute Gasteiger partial charge is 0.381 e. The molecule has 0 amide bonds. The minimum absolute atomic E-state index is 0.0103. The molecule has 3 N–H and O–H groups in total. The van der Waals surface area contributed by atoms with E-state index in [9.17, 15) is 39.3 Å². The zero-order valence-corrected chi connectivity index (χ0v) is 66.1. The summed E-state index contributed by atoms with van der Waals surface area (Å²) in [4.78, 5) is 63.4. The van der Waals surface area contributed by atoms with E-state index in [1.807, 2.05) is 200 Å². The first-order chi connectivity index (χ1) is 52.9. The lowest BCUT2D eigenvalue weighted by Gasteiger charge is -2.42. The summed E-state index contributed by atoms with van der Waals surface area (Å²) in [5.74, 6) is 5.16. The maximum absolute atomic E-state index is 12.9. The van der Waals surface area contributed by atoms with Gasteiger partial charge in [-0.25, -0.2) is 0 Å². The predicted octanol–water partition coefficient (Wildman–Crippen LogP) is 23.3. The van der Waals surface area contributed by atoms with E-state index in [2.05, 4.69) is 122 Å². The number of halogens is 3. The molecule has 16 aromatic carbocycles. The van der Waals surface area contributed by atoms with E-state index in [1.165, 1.54) is 43.4 Å². The van der Waals surface area contributed by atoms with E-state index in [-0.39, 0.29) is 28.9 Å². The molecule has 538 valence electrons. The minimum atomic E-state index is -1.15. The Kier molecular flexibility index (Phi) is 22.2. The van der Waals surface area contributed by atoms with Gasteiger partial charge in [0.2, 0.25) is 0 Å². The van der Waals surface area contributed by atoms with Crippen molar-refractivity contribution in [1.82, 2.24) is 0 Å². The van der Waals surface area contributed by atoms with Crippen molar-refractivity contribution in [3.05, 3.63) is 403 Å². The van der Waals surface area contributed by atoms with Crippen molar-refractivity contribution in [3.8, 4) is 0 Å². The van der Waals surface area contributed by atoms with Crippen LogP contribution in [0.5, 0.6) is 0 Å². The van der Waals surface area contributed by atoms with Crippen LogP contribution in [0.4, 0.5) is 0 Å². The highest BCUT2D eigenvalue weighted by atomic mass is 79.9. The highest BCUT2D eigenvalue weighted by molar-refractivity contribution is 9.09. The molecule has 4 aliphatic rings. The van der Waals surface area contributed by atoms with Gasteiger partial charge in [0.15, 0.2) is 28.9 Å². The fraction of sp³-hybridized carbons (Fsp3) is 0.112. The third-order valence-electron chi connectivity index (χ3n) is 21.4. The van der Waals surface area contributed by atoms with Crippen molar-refractivity contribution >= 4 is 152 Å². The van der Waals surface area contributed by atoms with E-state index >= 15 is 0 Å². The highest BCUT2D eigenvalue weighted by Crippen LogP contribution is 2.50. The number of carbonyl (C=O) groups excluding carboxylic acids is 5. The first-order valence-corrected chi connectivity index (χ1v) is 40.4. The molecule has 0 heterocycles. The molecule has 11 heteroatoms. The SMILES string of the molecule is CBr.CBr.CBr.CC1(O)c2ccccc2C(=O)c2c1ccc1ccccc21.CC1(O)c2ccccc2C(C)(O)c2c1ccc1ccccc21.Cc1c2ccccc2c(C)c2c1ccc1ccccc12.O=C1c2ccccc2C(=O)c2c1ccc1ccccc21.O=C1c2ccccc2C(=O)c2c1ccc1ccccc21. The van der Waals surface area contributed by atoms with Gasteiger partial charge in [0.25, 0.3) is 0 Å². The van der Waals surface area contributed by atoms with Gasteiger partial charge >= 0.3 is 0 Å². The summed E-state index contributed by atoms with van der Waals surface area (Å²) in [5, 5.41) is 49.3. The number of alkyl halides is 3. The lowest BCUT2D eigenvalue weighted by Crippen LogP contribution is -2.39. The Morgan fingerprint density at radius 1 is 0.220 bits per heavy atom. The Morgan fingerprint density at radius 3 is 0.982 bits per heavy atom. The van der Waals surface area contributed by atoms with Crippen molar-refractivity contribution in [2.75, 3.05) is 17.5 Å². The topological polar surface area (TPSA) is 146 Å². The third kappa shape index (κ3) is 13.4. The van der Waals surface area contributed by atoms with Crippen LogP contribution in [0.25, 0.3) is 75.4 Å². The summed E-state index contributed by atoms with van der Waals surface area (Å²) >= 11 is 8.81. The first-order valence-electron chi connectivity index (χ1n) is 35.7. The number of rotatable bonds is 0. The highest BCUT2D eigenvalue weighted by Gasteiger charge is 2.46. The van der Waals surface area contributed by atoms with Crippen molar-refractivity contribution in [1.29, 1.82) is 0 Å². The maximum Gasteiger partial charge on any atom is 0.195 e. The summed E-state index contributed by atoms with van der Waals surface area (Å²) in [6.45, 7) is 9.85. The van der Waals surface area contributed by atoms with Gasteiger partial charge in [0.05, 0.1) is 0 Å². The van der Waals surface area contributed by atoms with Crippen LogP contribution in [0.2, 0.25) is 0 Å². The van der Waals surface area contributed by atoms with E-state index in [0.717, 1.165) is 65.3 Å². The summed E-state index contributed by atoms with van der Waals surface area (Å²) in [7, 11) is 0. The van der Waals surface area contributed by atoms with Gasteiger partial charge in [0.1, 0.15) is 16.8 Å². The van der Waals surface area contributed by atoms with Crippen LogP contribution in [-0.2, 0) is 16.8 Å². The first kappa shape index (κ1) is 76.2. The molecule has 0 fully saturated rings. The van der Waals surface area contributed by atoms with Crippen molar-refractivity contribution in [2.24, 2.45) is 0 Å². The van der Waals surface area contributed by atoms with E-state index in [1.54, 1.807) is 80.6 Å². The van der Waals surface area contributed by atoms with Crippen molar-refractivity contribution < 1.29 is 39.3 Å². The smallest absolute Gasteiger partial charge is 0.195 e. The van der Waals surface area contributed by atoms with Crippen LogP contribution in [-0.4, -0.2) is 61.7 Å². The molecule has 109 heavy (non-hydrogen) atoms. The van der Waals surface area contributed by atoms with E-state index < -0.39 is 16.8 Å². The molecule has 3 unspecified atom stereocenters. The quantitative estimate of drug-likeness (QED) is 0.0773. The Labute approximate surface area is 658 Å². The number of ketones is 5. The number of aliphatic hydroxyl groups is 3. The molecule has 4 aliphatic carbocycles. The van der Waals surface area contributed by atoms with Gasteiger partial charge in [-0.15, -0.1) is 0 Å². The maximum atomic E-state index is 12.9. The second kappa shape index (κ2) is 31.7. The predicted molar refractivity (Wildman–Crippen MR) is 458 cm³/mol. The fourth-order valence-corrected chi connectivity index (χ4v) is 16.3. The van der Waals surface area contributed by atoms with Gasteiger partial charge in [-0.3, -0.25) is 24.0 Å². The Morgan fingerprint density at radius 2 is 0.514 bits per heavy atom. The molecule has 16 aromatic rings. The molecular formula is C98H77Br3O8. The molecular weight excluding hydrogens is 1540 g/mol. The molecule has 0 spiro atoms. The zero-order valence-electron chi connectivity index (χ0n) is 61.4.